The largest absolute Gasteiger partial charge is 0.333 e. The van der Waals surface area contributed by atoms with Crippen molar-refractivity contribution in [3.63, 3.8) is 0 Å². The van der Waals surface area contributed by atoms with Crippen LogP contribution < -0.4 is 5.32 Å². The van der Waals surface area contributed by atoms with Gasteiger partial charge in [-0.15, -0.1) is 12.4 Å². The van der Waals surface area contributed by atoms with Gasteiger partial charge in [-0.3, -0.25) is 4.79 Å². The summed E-state index contributed by atoms with van der Waals surface area (Å²) in [6.45, 7) is 4.26. The summed E-state index contributed by atoms with van der Waals surface area (Å²) >= 11 is 0. The van der Waals surface area contributed by atoms with Crippen molar-refractivity contribution in [2.75, 3.05) is 26.7 Å². The van der Waals surface area contributed by atoms with Gasteiger partial charge in [-0.1, -0.05) is 19.3 Å². The summed E-state index contributed by atoms with van der Waals surface area (Å²) < 4.78 is 27.3. The molecule has 152 valence electrons. The Bertz CT molecular complexity index is 733. The minimum absolute atomic E-state index is 0. The highest BCUT2D eigenvalue weighted by Gasteiger charge is 2.29. The molecule has 1 unspecified atom stereocenters. The summed E-state index contributed by atoms with van der Waals surface area (Å²) in [6, 6.07) is 6.62. The van der Waals surface area contributed by atoms with E-state index in [1.54, 1.807) is 31.3 Å². The number of hydrogen-bond acceptors (Lipinski definition) is 4. The van der Waals surface area contributed by atoms with E-state index in [0.717, 1.165) is 38.8 Å². The summed E-state index contributed by atoms with van der Waals surface area (Å²) in [5.41, 5.74) is 0.540. The molecule has 6 nitrogen and oxygen atoms in total. The van der Waals surface area contributed by atoms with Crippen molar-refractivity contribution in [2.45, 2.75) is 56.0 Å². The van der Waals surface area contributed by atoms with Crippen LogP contribution in [-0.2, 0) is 10.0 Å². The van der Waals surface area contributed by atoms with Crippen molar-refractivity contribution < 1.29 is 13.2 Å². The predicted octanol–water partition coefficient (Wildman–Crippen LogP) is 2.50. The Morgan fingerprint density at radius 2 is 1.78 bits per heavy atom. The first kappa shape index (κ1) is 22.1. The molecule has 1 amide bonds. The zero-order valence-electron chi connectivity index (χ0n) is 16.1. The Morgan fingerprint density at radius 1 is 1.15 bits per heavy atom. The normalized spacial score (nSPS) is 21.7. The molecule has 0 bridgehead atoms. The second kappa shape index (κ2) is 9.37. The van der Waals surface area contributed by atoms with Crippen LogP contribution >= 0.6 is 12.4 Å². The molecule has 1 saturated heterocycles. The summed E-state index contributed by atoms with van der Waals surface area (Å²) in [5, 5.41) is 3.26. The molecule has 1 aliphatic heterocycles. The smallest absolute Gasteiger partial charge is 0.254 e. The van der Waals surface area contributed by atoms with Crippen LogP contribution in [0.1, 0.15) is 49.4 Å². The van der Waals surface area contributed by atoms with E-state index >= 15 is 0 Å². The maximum absolute atomic E-state index is 12.9. The Labute approximate surface area is 168 Å². The van der Waals surface area contributed by atoms with E-state index in [9.17, 15) is 13.2 Å². The van der Waals surface area contributed by atoms with Crippen molar-refractivity contribution in [1.82, 2.24) is 14.5 Å². The zero-order chi connectivity index (χ0) is 18.7. The van der Waals surface area contributed by atoms with Crippen LogP contribution in [0.25, 0.3) is 0 Å². The number of carbonyl (C=O) groups excluding carboxylic acids is 1. The van der Waals surface area contributed by atoms with Crippen LogP contribution in [0.2, 0.25) is 0 Å². The van der Waals surface area contributed by atoms with Gasteiger partial charge in [0.15, 0.2) is 0 Å². The fourth-order valence-corrected chi connectivity index (χ4v) is 5.30. The van der Waals surface area contributed by atoms with Crippen molar-refractivity contribution in [3.05, 3.63) is 29.8 Å². The highest BCUT2D eigenvalue weighted by molar-refractivity contribution is 7.89. The standard InChI is InChI=1S/C19H29N3O3S.ClH/c1-15-14-20-12-13-22(15)19(23)16-8-10-18(11-9-16)26(24,25)21(2)17-6-4-3-5-7-17;/h8-11,15,17,20H,3-7,12-14H2,1-2H3;1H. The fraction of sp³-hybridized carbons (Fsp3) is 0.632. The van der Waals surface area contributed by atoms with Crippen molar-refractivity contribution in [1.29, 1.82) is 0 Å². The third kappa shape index (κ3) is 4.83. The summed E-state index contributed by atoms with van der Waals surface area (Å²) in [4.78, 5) is 14.8. The monoisotopic (exact) mass is 415 g/mol. The van der Waals surface area contributed by atoms with E-state index in [2.05, 4.69) is 5.32 Å². The van der Waals surface area contributed by atoms with Gasteiger partial charge >= 0.3 is 0 Å². The first-order chi connectivity index (χ1) is 12.4. The van der Waals surface area contributed by atoms with Gasteiger partial charge in [0.05, 0.1) is 4.90 Å². The minimum atomic E-state index is -3.52. The van der Waals surface area contributed by atoms with E-state index in [-0.39, 0.29) is 35.3 Å². The minimum Gasteiger partial charge on any atom is -0.333 e. The van der Waals surface area contributed by atoms with Gasteiger partial charge in [0.1, 0.15) is 0 Å². The molecule has 3 rings (SSSR count). The molecular weight excluding hydrogens is 386 g/mol. The van der Waals surface area contributed by atoms with E-state index in [4.69, 9.17) is 0 Å². The average molecular weight is 416 g/mol. The number of rotatable bonds is 4. The maximum Gasteiger partial charge on any atom is 0.254 e. The van der Waals surface area contributed by atoms with Crippen LogP contribution in [0, 0.1) is 0 Å². The van der Waals surface area contributed by atoms with Gasteiger partial charge in [-0.2, -0.15) is 4.31 Å². The van der Waals surface area contributed by atoms with Crippen molar-refractivity contribution in [2.24, 2.45) is 0 Å². The van der Waals surface area contributed by atoms with Crippen molar-refractivity contribution in [3.8, 4) is 0 Å². The van der Waals surface area contributed by atoms with E-state index in [1.165, 1.54) is 10.7 Å². The molecule has 1 N–H and O–H groups in total. The number of halogens is 1. The molecule has 1 heterocycles. The van der Waals surface area contributed by atoms with Gasteiger partial charge in [-0.25, -0.2) is 8.42 Å². The Balaban J connectivity index is 0.00000261. The molecule has 1 aliphatic carbocycles. The summed E-state index contributed by atoms with van der Waals surface area (Å²) in [5.74, 6) is -0.0383. The van der Waals surface area contributed by atoms with Gasteiger partial charge in [-0.05, 0) is 44.0 Å². The number of carbonyl (C=O) groups is 1. The third-order valence-corrected chi connectivity index (χ3v) is 7.55. The molecule has 0 aromatic heterocycles. The van der Waals surface area contributed by atoms with Gasteiger partial charge < -0.3 is 10.2 Å². The van der Waals surface area contributed by atoms with Gasteiger partial charge in [0.25, 0.3) is 5.91 Å². The first-order valence-electron chi connectivity index (χ1n) is 9.51. The second-order valence-corrected chi connectivity index (χ2v) is 9.39. The summed E-state index contributed by atoms with van der Waals surface area (Å²) in [6.07, 6.45) is 5.20. The lowest BCUT2D eigenvalue weighted by Gasteiger charge is -2.34. The molecule has 8 heteroatoms. The first-order valence-corrected chi connectivity index (χ1v) is 10.9. The quantitative estimate of drug-likeness (QED) is 0.820. The molecule has 1 aromatic carbocycles. The molecular formula is C19H30ClN3O3S. The molecule has 2 aliphatic rings. The molecule has 0 radical (unpaired) electrons. The van der Waals surface area contributed by atoms with Crippen molar-refractivity contribution >= 4 is 28.3 Å². The molecule has 0 spiro atoms. The van der Waals surface area contributed by atoms with E-state index in [0.29, 0.717) is 12.1 Å². The lowest BCUT2D eigenvalue weighted by atomic mass is 9.96. The predicted molar refractivity (Wildman–Crippen MR) is 109 cm³/mol. The van der Waals surface area contributed by atoms with Crippen LogP contribution in [-0.4, -0.2) is 62.3 Å². The molecule has 2 fully saturated rings. The highest BCUT2D eigenvalue weighted by atomic mass is 35.5. The molecule has 27 heavy (non-hydrogen) atoms. The lowest BCUT2D eigenvalue weighted by molar-refractivity contribution is 0.0655. The Morgan fingerprint density at radius 3 is 2.37 bits per heavy atom. The Kier molecular flexibility index (Phi) is 7.68. The molecule has 1 atom stereocenters. The average Bonchev–Trinajstić information content (AvgIpc) is 2.68. The Hall–Kier alpha value is -1.15. The van der Waals surface area contributed by atoms with Gasteiger partial charge in [0, 0.05) is 44.3 Å². The third-order valence-electron chi connectivity index (χ3n) is 5.63. The summed E-state index contributed by atoms with van der Waals surface area (Å²) in [7, 11) is -1.84. The number of benzene rings is 1. The van der Waals surface area contributed by atoms with Crippen LogP contribution in [0.15, 0.2) is 29.2 Å². The van der Waals surface area contributed by atoms with E-state index in [1.807, 2.05) is 11.8 Å². The number of nitrogens with zero attached hydrogens (tertiary/aromatic N) is 2. The number of piperazine rings is 1. The SMILES string of the molecule is CC1CNCCN1C(=O)c1ccc(S(=O)(=O)N(C)C2CCCCC2)cc1.Cl. The van der Waals surface area contributed by atoms with Crippen LogP contribution in [0.3, 0.4) is 0 Å². The lowest BCUT2D eigenvalue weighted by Crippen LogP contribution is -2.52. The highest BCUT2D eigenvalue weighted by Crippen LogP contribution is 2.26. The van der Waals surface area contributed by atoms with Crippen LogP contribution in [0.5, 0.6) is 0 Å². The number of hydrogen-bond donors (Lipinski definition) is 1. The van der Waals surface area contributed by atoms with Crippen LogP contribution in [0.4, 0.5) is 0 Å². The maximum atomic E-state index is 12.9. The van der Waals surface area contributed by atoms with Gasteiger partial charge in [0.2, 0.25) is 10.0 Å². The molecule has 1 saturated carbocycles. The number of nitrogens with one attached hydrogen (secondary N) is 1. The number of amides is 1. The zero-order valence-corrected chi connectivity index (χ0v) is 17.7. The van der Waals surface area contributed by atoms with E-state index < -0.39 is 10.0 Å². The topological polar surface area (TPSA) is 69.7 Å². The molecule has 1 aromatic rings. The second-order valence-electron chi connectivity index (χ2n) is 7.39. The fourth-order valence-electron chi connectivity index (χ4n) is 3.89. The number of sulfonamides is 1.